The van der Waals surface area contributed by atoms with Crippen LogP contribution in [0, 0.1) is 0 Å². The van der Waals surface area contributed by atoms with Crippen LogP contribution in [-0.2, 0) is 0 Å². The summed E-state index contributed by atoms with van der Waals surface area (Å²) in [6.45, 7) is 11.3. The topological polar surface area (TPSA) is 6.48 Å². The van der Waals surface area contributed by atoms with Crippen LogP contribution in [0.1, 0.15) is 33.1 Å². The highest BCUT2D eigenvalue weighted by Gasteiger charge is 2.30. The maximum absolute atomic E-state index is 2.71. The van der Waals surface area contributed by atoms with E-state index in [0.717, 1.165) is 6.04 Å². The van der Waals surface area contributed by atoms with E-state index in [0.29, 0.717) is 4.75 Å². The van der Waals surface area contributed by atoms with E-state index in [4.69, 9.17) is 0 Å². The average Bonchev–Trinajstić information content (AvgIpc) is 2.58. The quantitative estimate of drug-likeness (QED) is 0.750. The van der Waals surface area contributed by atoms with E-state index in [1.165, 1.54) is 52.0 Å². The van der Waals surface area contributed by atoms with Crippen molar-refractivity contribution in [2.24, 2.45) is 0 Å². The Balaban J connectivity index is 1.90. The van der Waals surface area contributed by atoms with Gasteiger partial charge in [-0.2, -0.15) is 11.8 Å². The third kappa shape index (κ3) is 3.14. The van der Waals surface area contributed by atoms with E-state index < -0.39 is 0 Å². The summed E-state index contributed by atoms with van der Waals surface area (Å²) in [5, 5.41) is 0. The molecule has 3 heteroatoms. The fraction of sp³-hybridized carbons (Fsp3) is 1.00. The van der Waals surface area contributed by atoms with Crippen LogP contribution >= 0.6 is 11.8 Å². The van der Waals surface area contributed by atoms with Crippen LogP contribution in [0.5, 0.6) is 0 Å². The average molecular weight is 242 g/mol. The lowest BCUT2D eigenvalue weighted by molar-refractivity contribution is 0.212. The van der Waals surface area contributed by atoms with Crippen LogP contribution in [-0.4, -0.2) is 59.6 Å². The molecule has 2 aliphatic rings. The predicted octanol–water partition coefficient (Wildman–Crippen LogP) is 2.30. The monoisotopic (exact) mass is 242 g/mol. The van der Waals surface area contributed by atoms with Crippen molar-refractivity contribution < 1.29 is 0 Å². The number of fused-ring (bicyclic) bond motifs is 1. The van der Waals surface area contributed by atoms with E-state index in [2.05, 4.69) is 29.9 Å². The molecule has 94 valence electrons. The molecule has 0 N–H and O–H groups in total. The Bertz CT molecular complexity index is 230. The lowest BCUT2D eigenvalue weighted by Crippen LogP contribution is -2.42. The normalized spacial score (nSPS) is 29.1. The maximum atomic E-state index is 2.71. The van der Waals surface area contributed by atoms with Crippen molar-refractivity contribution in [3.63, 3.8) is 0 Å². The molecule has 1 atom stereocenters. The molecule has 0 aliphatic carbocycles. The zero-order valence-electron chi connectivity index (χ0n) is 11.0. The highest BCUT2D eigenvalue weighted by Crippen LogP contribution is 2.26. The Morgan fingerprint density at radius 2 is 1.94 bits per heavy atom. The van der Waals surface area contributed by atoms with Crippen molar-refractivity contribution in [1.29, 1.82) is 0 Å². The molecule has 2 saturated heterocycles. The Kier molecular flexibility index (Phi) is 4.20. The van der Waals surface area contributed by atoms with Crippen LogP contribution in [0.25, 0.3) is 0 Å². The molecule has 1 unspecified atom stereocenters. The summed E-state index contributed by atoms with van der Waals surface area (Å²) in [5.41, 5.74) is 0. The van der Waals surface area contributed by atoms with Crippen LogP contribution in [0.4, 0.5) is 0 Å². The molecule has 0 aromatic heterocycles. The van der Waals surface area contributed by atoms with Crippen molar-refractivity contribution in [3.8, 4) is 0 Å². The molecule has 2 aliphatic heterocycles. The standard InChI is InChI=1S/C13H26N2S/c1-13(2,16-3)11-14-7-5-9-15-8-4-6-12(15)10-14/h12H,4-11H2,1-3H3. The second kappa shape index (κ2) is 5.28. The molecule has 0 aromatic carbocycles. The molecule has 2 heterocycles. The van der Waals surface area contributed by atoms with Crippen molar-refractivity contribution in [2.75, 3.05) is 39.0 Å². The second-order valence-electron chi connectivity index (χ2n) is 5.88. The van der Waals surface area contributed by atoms with Gasteiger partial charge in [0.2, 0.25) is 0 Å². The third-order valence-corrected chi connectivity index (χ3v) is 5.28. The molecule has 0 saturated carbocycles. The predicted molar refractivity (Wildman–Crippen MR) is 73.2 cm³/mol. The molecular weight excluding hydrogens is 216 g/mol. The van der Waals surface area contributed by atoms with Gasteiger partial charge in [0.25, 0.3) is 0 Å². The summed E-state index contributed by atoms with van der Waals surface area (Å²) in [5.74, 6) is 0. The first-order valence-corrected chi connectivity index (χ1v) is 7.85. The lowest BCUT2D eigenvalue weighted by atomic mass is 10.1. The Morgan fingerprint density at radius 1 is 1.19 bits per heavy atom. The zero-order chi connectivity index (χ0) is 11.6. The Labute approximate surface area is 105 Å². The van der Waals surface area contributed by atoms with Gasteiger partial charge in [-0.3, -0.25) is 4.90 Å². The minimum absolute atomic E-state index is 0.410. The SMILES string of the molecule is CSC(C)(C)CN1CCCN2CCCC2C1. The first kappa shape index (κ1) is 12.7. The van der Waals surface area contributed by atoms with Gasteiger partial charge in [0.15, 0.2) is 0 Å². The fourth-order valence-corrected chi connectivity index (χ4v) is 3.34. The second-order valence-corrected chi connectivity index (χ2v) is 7.40. The zero-order valence-corrected chi connectivity index (χ0v) is 11.9. The third-order valence-electron chi connectivity index (χ3n) is 4.04. The van der Waals surface area contributed by atoms with Crippen molar-refractivity contribution >= 4 is 11.8 Å². The van der Waals surface area contributed by atoms with Crippen LogP contribution in [0.3, 0.4) is 0 Å². The highest BCUT2D eigenvalue weighted by atomic mass is 32.2. The number of rotatable bonds is 3. The smallest absolute Gasteiger partial charge is 0.0227 e. The lowest BCUT2D eigenvalue weighted by Gasteiger charge is -2.32. The number of hydrogen-bond acceptors (Lipinski definition) is 3. The molecule has 0 amide bonds. The Hall–Kier alpha value is 0.270. The fourth-order valence-electron chi connectivity index (χ4n) is 3.03. The van der Waals surface area contributed by atoms with E-state index in [9.17, 15) is 0 Å². The van der Waals surface area contributed by atoms with Gasteiger partial charge in [0.1, 0.15) is 0 Å². The van der Waals surface area contributed by atoms with E-state index in [-0.39, 0.29) is 0 Å². The van der Waals surface area contributed by atoms with Crippen LogP contribution in [0.2, 0.25) is 0 Å². The van der Waals surface area contributed by atoms with Gasteiger partial charge in [-0.25, -0.2) is 0 Å². The van der Waals surface area contributed by atoms with E-state index >= 15 is 0 Å². The van der Waals surface area contributed by atoms with Gasteiger partial charge in [0.05, 0.1) is 0 Å². The maximum Gasteiger partial charge on any atom is 0.0227 e. The summed E-state index contributed by atoms with van der Waals surface area (Å²) in [6, 6.07) is 0.861. The van der Waals surface area contributed by atoms with Crippen LogP contribution < -0.4 is 0 Å². The molecule has 0 bridgehead atoms. The molecule has 2 rings (SSSR count). The number of hydrogen-bond donors (Lipinski definition) is 0. The first-order chi connectivity index (χ1) is 7.61. The van der Waals surface area contributed by atoms with Crippen molar-refractivity contribution in [3.05, 3.63) is 0 Å². The molecule has 2 fully saturated rings. The number of thioether (sulfide) groups is 1. The summed E-state index contributed by atoms with van der Waals surface area (Å²) in [7, 11) is 0. The van der Waals surface area contributed by atoms with Gasteiger partial charge < -0.3 is 4.90 Å². The van der Waals surface area contributed by atoms with Gasteiger partial charge in [0, 0.05) is 23.9 Å². The van der Waals surface area contributed by atoms with Crippen molar-refractivity contribution in [1.82, 2.24) is 9.80 Å². The molecule has 2 nitrogen and oxygen atoms in total. The molecular formula is C13H26N2S. The van der Waals surface area contributed by atoms with E-state index in [1.54, 1.807) is 0 Å². The van der Waals surface area contributed by atoms with Gasteiger partial charge in [-0.15, -0.1) is 0 Å². The molecule has 16 heavy (non-hydrogen) atoms. The molecule has 0 aromatic rings. The summed E-state index contributed by atoms with van der Waals surface area (Å²) in [4.78, 5) is 5.42. The largest absolute Gasteiger partial charge is 0.300 e. The first-order valence-electron chi connectivity index (χ1n) is 6.62. The summed E-state index contributed by atoms with van der Waals surface area (Å²) >= 11 is 2.00. The van der Waals surface area contributed by atoms with E-state index in [1.807, 2.05) is 11.8 Å². The molecule has 0 spiro atoms. The highest BCUT2D eigenvalue weighted by molar-refractivity contribution is 7.99. The van der Waals surface area contributed by atoms with Gasteiger partial charge in [-0.1, -0.05) is 0 Å². The van der Waals surface area contributed by atoms with Crippen LogP contribution in [0.15, 0.2) is 0 Å². The minimum atomic E-state index is 0.410. The molecule has 0 radical (unpaired) electrons. The van der Waals surface area contributed by atoms with Gasteiger partial charge in [-0.05, 0) is 59.0 Å². The van der Waals surface area contributed by atoms with Crippen molar-refractivity contribution in [2.45, 2.75) is 43.9 Å². The Morgan fingerprint density at radius 3 is 2.69 bits per heavy atom. The van der Waals surface area contributed by atoms with Gasteiger partial charge >= 0.3 is 0 Å². The summed E-state index contributed by atoms with van der Waals surface area (Å²) < 4.78 is 0.410. The minimum Gasteiger partial charge on any atom is -0.300 e. The number of nitrogens with zero attached hydrogens (tertiary/aromatic N) is 2. The summed E-state index contributed by atoms with van der Waals surface area (Å²) in [6.07, 6.45) is 6.45.